The van der Waals surface area contributed by atoms with Gasteiger partial charge in [-0.2, -0.15) is 0 Å². The third-order valence-electron chi connectivity index (χ3n) is 3.23. The molecule has 0 aliphatic heterocycles. The molecule has 0 spiro atoms. The second kappa shape index (κ2) is 5.39. The minimum Gasteiger partial charge on any atom is -0.497 e. The summed E-state index contributed by atoms with van der Waals surface area (Å²) >= 11 is 0. The van der Waals surface area contributed by atoms with E-state index in [0.717, 1.165) is 12.8 Å². The molecule has 1 aliphatic rings. The van der Waals surface area contributed by atoms with Gasteiger partial charge in [0.25, 0.3) is 0 Å². The highest BCUT2D eigenvalue weighted by molar-refractivity contribution is 5.91. The van der Waals surface area contributed by atoms with Gasteiger partial charge in [0.15, 0.2) is 5.82 Å². The summed E-state index contributed by atoms with van der Waals surface area (Å²) in [7, 11) is 1.51. The van der Waals surface area contributed by atoms with Crippen molar-refractivity contribution in [3.63, 3.8) is 0 Å². The van der Waals surface area contributed by atoms with E-state index in [1.807, 2.05) is 0 Å². The lowest BCUT2D eigenvalue weighted by Gasteiger charge is -2.10. The van der Waals surface area contributed by atoms with Crippen molar-refractivity contribution in [2.75, 3.05) is 7.11 Å². The van der Waals surface area contributed by atoms with Crippen molar-refractivity contribution in [3.8, 4) is 11.5 Å². The van der Waals surface area contributed by atoms with Crippen LogP contribution in [0.15, 0.2) is 18.2 Å². The minimum atomic E-state index is -1.06. The van der Waals surface area contributed by atoms with Crippen LogP contribution in [0.1, 0.15) is 35.1 Å². The lowest BCUT2D eigenvalue weighted by Crippen LogP contribution is -2.09. The van der Waals surface area contributed by atoms with Gasteiger partial charge in [-0.15, -0.1) is 5.10 Å². The van der Waals surface area contributed by atoms with Gasteiger partial charge >= 0.3 is 5.97 Å². The number of rotatable bonds is 6. The first-order valence-electron chi connectivity index (χ1n) is 6.50. The smallest absolute Gasteiger partial charge is 0.339 e. The number of nitrogens with zero attached hydrogens (tertiary/aromatic N) is 4. The molecule has 1 aliphatic carbocycles. The van der Waals surface area contributed by atoms with E-state index in [0.29, 0.717) is 17.6 Å². The van der Waals surface area contributed by atoms with E-state index in [9.17, 15) is 9.90 Å². The molecule has 0 amide bonds. The Bertz CT molecular complexity index is 666. The fourth-order valence-corrected chi connectivity index (χ4v) is 1.98. The molecule has 21 heavy (non-hydrogen) atoms. The van der Waals surface area contributed by atoms with Crippen molar-refractivity contribution in [1.82, 2.24) is 20.2 Å². The normalized spacial score (nSPS) is 14.0. The predicted molar refractivity (Wildman–Crippen MR) is 70.4 cm³/mol. The van der Waals surface area contributed by atoms with Crippen LogP contribution in [0.5, 0.6) is 11.5 Å². The van der Waals surface area contributed by atoms with E-state index >= 15 is 0 Å². The number of aromatic nitrogens is 4. The van der Waals surface area contributed by atoms with Crippen LogP contribution in [0.2, 0.25) is 0 Å². The standard InChI is InChI=1S/C13H14N4O4/c1-20-9-4-5-10(13(18)19)11(6-9)21-7-12-14-15-16-17(12)8-2-3-8/h4-6,8H,2-3,7H2,1H3,(H,18,19). The summed E-state index contributed by atoms with van der Waals surface area (Å²) in [4.78, 5) is 11.2. The molecule has 0 radical (unpaired) electrons. The van der Waals surface area contributed by atoms with Crippen molar-refractivity contribution < 1.29 is 19.4 Å². The van der Waals surface area contributed by atoms with Crippen LogP contribution in [-0.4, -0.2) is 38.4 Å². The van der Waals surface area contributed by atoms with Gasteiger partial charge in [0, 0.05) is 6.07 Å². The van der Waals surface area contributed by atoms with Crippen LogP contribution in [0.4, 0.5) is 0 Å². The molecule has 1 saturated carbocycles. The summed E-state index contributed by atoms with van der Waals surface area (Å²) < 4.78 is 12.4. The Labute approximate surface area is 120 Å². The average molecular weight is 290 g/mol. The van der Waals surface area contributed by atoms with Gasteiger partial charge < -0.3 is 14.6 Å². The van der Waals surface area contributed by atoms with Gasteiger partial charge in [-0.3, -0.25) is 0 Å². The summed E-state index contributed by atoms with van der Waals surface area (Å²) in [6, 6.07) is 4.89. The van der Waals surface area contributed by atoms with E-state index in [2.05, 4.69) is 15.5 Å². The van der Waals surface area contributed by atoms with Crippen LogP contribution in [0.3, 0.4) is 0 Å². The minimum absolute atomic E-state index is 0.0706. The maximum Gasteiger partial charge on any atom is 0.339 e. The summed E-state index contributed by atoms with van der Waals surface area (Å²) in [5.41, 5.74) is 0.0706. The Kier molecular flexibility index (Phi) is 3.43. The van der Waals surface area contributed by atoms with Crippen LogP contribution in [-0.2, 0) is 6.61 Å². The molecule has 0 saturated heterocycles. The molecule has 110 valence electrons. The number of methoxy groups -OCH3 is 1. The molecule has 0 bridgehead atoms. The third-order valence-corrected chi connectivity index (χ3v) is 3.23. The van der Waals surface area contributed by atoms with E-state index in [4.69, 9.17) is 9.47 Å². The Morgan fingerprint density at radius 2 is 2.29 bits per heavy atom. The van der Waals surface area contributed by atoms with Crippen molar-refractivity contribution in [2.24, 2.45) is 0 Å². The van der Waals surface area contributed by atoms with Crippen LogP contribution < -0.4 is 9.47 Å². The van der Waals surface area contributed by atoms with Gasteiger partial charge in [-0.25, -0.2) is 9.48 Å². The third kappa shape index (κ3) is 2.78. The number of hydrogen-bond acceptors (Lipinski definition) is 6. The van der Waals surface area contributed by atoms with E-state index in [1.54, 1.807) is 10.7 Å². The maximum atomic E-state index is 11.2. The monoisotopic (exact) mass is 290 g/mol. The molecule has 2 aromatic rings. The highest BCUT2D eigenvalue weighted by atomic mass is 16.5. The second-order valence-corrected chi connectivity index (χ2v) is 4.73. The number of carbonyl (C=O) groups is 1. The number of aromatic carboxylic acids is 1. The quantitative estimate of drug-likeness (QED) is 0.855. The fourth-order valence-electron chi connectivity index (χ4n) is 1.98. The number of hydrogen-bond donors (Lipinski definition) is 1. The lowest BCUT2D eigenvalue weighted by atomic mass is 10.2. The molecule has 1 N–H and O–H groups in total. The predicted octanol–water partition coefficient (Wildman–Crippen LogP) is 1.29. The summed E-state index contributed by atoms with van der Waals surface area (Å²) in [5, 5.41) is 20.6. The molecule has 8 heteroatoms. The highest BCUT2D eigenvalue weighted by Crippen LogP contribution is 2.34. The van der Waals surface area contributed by atoms with Crippen molar-refractivity contribution in [1.29, 1.82) is 0 Å². The molecule has 0 unspecified atom stereocenters. The Morgan fingerprint density at radius 3 is 2.95 bits per heavy atom. The van der Waals surface area contributed by atoms with Crippen LogP contribution in [0.25, 0.3) is 0 Å². The number of carboxylic acids is 1. The number of benzene rings is 1. The van der Waals surface area contributed by atoms with E-state index < -0.39 is 5.97 Å². The lowest BCUT2D eigenvalue weighted by molar-refractivity contribution is 0.0691. The Balaban J connectivity index is 1.80. The fraction of sp³-hybridized carbons (Fsp3) is 0.385. The first-order chi connectivity index (χ1) is 10.2. The summed E-state index contributed by atoms with van der Waals surface area (Å²) in [5.74, 6) is 0.273. The van der Waals surface area contributed by atoms with E-state index in [-0.39, 0.29) is 17.9 Å². The van der Waals surface area contributed by atoms with Gasteiger partial charge in [0.05, 0.1) is 13.2 Å². The first-order valence-corrected chi connectivity index (χ1v) is 6.50. The molecule has 1 aromatic carbocycles. The van der Waals surface area contributed by atoms with Gasteiger partial charge in [0.1, 0.15) is 23.7 Å². The molecule has 3 rings (SSSR count). The van der Waals surface area contributed by atoms with Crippen molar-refractivity contribution in [2.45, 2.75) is 25.5 Å². The number of carboxylic acid groups (broad SMARTS) is 1. The zero-order valence-corrected chi connectivity index (χ0v) is 11.4. The van der Waals surface area contributed by atoms with Gasteiger partial charge in [-0.1, -0.05) is 0 Å². The molecular weight excluding hydrogens is 276 g/mol. The Hall–Kier alpha value is -2.64. The molecule has 1 heterocycles. The largest absolute Gasteiger partial charge is 0.497 e. The zero-order valence-electron chi connectivity index (χ0n) is 11.4. The summed E-state index contributed by atoms with van der Waals surface area (Å²) in [6.45, 7) is 0.108. The molecule has 8 nitrogen and oxygen atoms in total. The van der Waals surface area contributed by atoms with Crippen molar-refractivity contribution in [3.05, 3.63) is 29.6 Å². The maximum absolute atomic E-state index is 11.2. The highest BCUT2D eigenvalue weighted by Gasteiger charge is 2.28. The molecular formula is C13H14N4O4. The van der Waals surface area contributed by atoms with Gasteiger partial charge in [-0.05, 0) is 35.4 Å². The SMILES string of the molecule is COc1ccc(C(=O)O)c(OCc2nnnn2C2CC2)c1. The zero-order chi connectivity index (χ0) is 14.8. The Morgan fingerprint density at radius 1 is 1.48 bits per heavy atom. The number of ether oxygens (including phenoxy) is 2. The second-order valence-electron chi connectivity index (χ2n) is 4.73. The number of tetrazole rings is 1. The summed E-state index contributed by atoms with van der Waals surface area (Å²) in [6.07, 6.45) is 2.11. The van der Waals surface area contributed by atoms with Gasteiger partial charge in [0.2, 0.25) is 0 Å². The average Bonchev–Trinajstić information content (AvgIpc) is 3.23. The van der Waals surface area contributed by atoms with Crippen molar-refractivity contribution >= 4 is 5.97 Å². The van der Waals surface area contributed by atoms with Crippen LogP contribution >= 0.6 is 0 Å². The topological polar surface area (TPSA) is 99.4 Å². The first kappa shape index (κ1) is 13.3. The van der Waals surface area contributed by atoms with E-state index in [1.165, 1.54) is 19.2 Å². The molecule has 1 fully saturated rings. The molecule has 1 aromatic heterocycles. The molecule has 0 atom stereocenters. The van der Waals surface area contributed by atoms with Crippen LogP contribution in [0, 0.1) is 0 Å².